The molecule has 0 aliphatic rings. The second-order valence-electron chi connectivity index (χ2n) is 5.28. The number of anilines is 1. The third-order valence-corrected chi connectivity index (χ3v) is 3.50. The fraction of sp³-hybridized carbons (Fsp3) is 0.438. The third-order valence-electron chi connectivity index (χ3n) is 3.50. The normalized spacial score (nSPS) is 11.6. The van der Waals surface area contributed by atoms with Crippen LogP contribution in [0.4, 0.5) is 5.69 Å². The zero-order valence-electron chi connectivity index (χ0n) is 12.1. The van der Waals surface area contributed by atoms with E-state index in [1.54, 1.807) is 0 Å². The van der Waals surface area contributed by atoms with E-state index in [1.807, 2.05) is 24.4 Å². The summed E-state index contributed by atoms with van der Waals surface area (Å²) in [5.41, 5.74) is 9.11. The van der Waals surface area contributed by atoms with E-state index in [2.05, 4.69) is 36.7 Å². The first kappa shape index (κ1) is 13.8. The van der Waals surface area contributed by atoms with Gasteiger partial charge in [-0.05, 0) is 50.6 Å². The summed E-state index contributed by atoms with van der Waals surface area (Å²) < 4.78 is 0. The van der Waals surface area contributed by atoms with Crippen LogP contribution in [0.5, 0.6) is 0 Å². The van der Waals surface area contributed by atoms with Crippen LogP contribution in [0.2, 0.25) is 0 Å². The maximum atomic E-state index is 6.02. The van der Waals surface area contributed by atoms with Gasteiger partial charge in [0.2, 0.25) is 0 Å². The van der Waals surface area contributed by atoms with Gasteiger partial charge in [-0.2, -0.15) is 0 Å². The lowest BCUT2D eigenvalue weighted by atomic mass is 10.1. The molecular formula is C16H23N3. The summed E-state index contributed by atoms with van der Waals surface area (Å²) in [5, 5.41) is 1.06. The first-order valence-corrected chi connectivity index (χ1v) is 6.99. The quantitative estimate of drug-likeness (QED) is 0.834. The SMILES string of the molecule is CCCN(Cc1ccc(N)c2cccnc12)C(C)C. The lowest BCUT2D eigenvalue weighted by Crippen LogP contribution is -2.31. The minimum atomic E-state index is 0.538. The first-order valence-electron chi connectivity index (χ1n) is 6.99. The molecule has 1 aromatic carbocycles. The molecule has 0 unspecified atom stereocenters. The molecule has 3 heteroatoms. The smallest absolute Gasteiger partial charge is 0.0767 e. The highest BCUT2D eigenvalue weighted by Gasteiger charge is 2.12. The van der Waals surface area contributed by atoms with Crippen molar-refractivity contribution in [1.29, 1.82) is 0 Å². The van der Waals surface area contributed by atoms with Crippen molar-refractivity contribution < 1.29 is 0 Å². The number of aromatic nitrogens is 1. The van der Waals surface area contributed by atoms with Gasteiger partial charge in [-0.3, -0.25) is 9.88 Å². The van der Waals surface area contributed by atoms with Gasteiger partial charge in [0.1, 0.15) is 0 Å². The van der Waals surface area contributed by atoms with Crippen LogP contribution in [-0.4, -0.2) is 22.5 Å². The topological polar surface area (TPSA) is 42.1 Å². The molecule has 1 aromatic heterocycles. The molecule has 2 N–H and O–H groups in total. The van der Waals surface area contributed by atoms with Crippen LogP contribution < -0.4 is 5.73 Å². The summed E-state index contributed by atoms with van der Waals surface area (Å²) in [6, 6.07) is 8.62. The number of benzene rings is 1. The molecule has 19 heavy (non-hydrogen) atoms. The molecule has 3 nitrogen and oxygen atoms in total. The largest absolute Gasteiger partial charge is 0.398 e. The van der Waals surface area contributed by atoms with E-state index >= 15 is 0 Å². The van der Waals surface area contributed by atoms with E-state index in [1.165, 1.54) is 12.0 Å². The number of nitrogens with two attached hydrogens (primary N) is 1. The van der Waals surface area contributed by atoms with Crippen LogP contribution in [0.3, 0.4) is 0 Å². The predicted octanol–water partition coefficient (Wildman–Crippen LogP) is 3.44. The van der Waals surface area contributed by atoms with E-state index < -0.39 is 0 Å². The Morgan fingerprint density at radius 3 is 2.74 bits per heavy atom. The standard InChI is InChI=1S/C16H23N3/c1-4-10-19(12(2)3)11-13-7-8-15(17)14-6-5-9-18-16(13)14/h5-9,12H,4,10-11,17H2,1-3H3. The number of fused-ring (bicyclic) bond motifs is 1. The maximum Gasteiger partial charge on any atom is 0.0767 e. The number of rotatable bonds is 5. The third kappa shape index (κ3) is 3.04. The zero-order valence-corrected chi connectivity index (χ0v) is 12.1. The number of nitrogen functional groups attached to an aromatic ring is 1. The molecule has 0 atom stereocenters. The van der Waals surface area contributed by atoms with E-state index in [-0.39, 0.29) is 0 Å². The van der Waals surface area contributed by atoms with Gasteiger partial charge < -0.3 is 5.73 Å². The zero-order chi connectivity index (χ0) is 13.8. The first-order chi connectivity index (χ1) is 9.13. The van der Waals surface area contributed by atoms with Gasteiger partial charge in [0.25, 0.3) is 0 Å². The Hall–Kier alpha value is -1.61. The second-order valence-corrected chi connectivity index (χ2v) is 5.28. The molecule has 0 bridgehead atoms. The second kappa shape index (κ2) is 6.02. The molecular weight excluding hydrogens is 234 g/mol. The minimum Gasteiger partial charge on any atom is -0.398 e. The predicted molar refractivity (Wildman–Crippen MR) is 82.0 cm³/mol. The van der Waals surface area contributed by atoms with Crippen molar-refractivity contribution in [2.75, 3.05) is 12.3 Å². The highest BCUT2D eigenvalue weighted by molar-refractivity contribution is 5.92. The molecule has 0 spiro atoms. The summed E-state index contributed by atoms with van der Waals surface area (Å²) in [4.78, 5) is 6.98. The number of pyridine rings is 1. The molecule has 1 heterocycles. The van der Waals surface area contributed by atoms with Crippen LogP contribution in [0, 0.1) is 0 Å². The summed E-state index contributed by atoms with van der Waals surface area (Å²) in [6.45, 7) is 8.73. The van der Waals surface area contributed by atoms with Crippen LogP contribution in [0.1, 0.15) is 32.8 Å². The van der Waals surface area contributed by atoms with Gasteiger partial charge in [0, 0.05) is 29.9 Å². The Morgan fingerprint density at radius 2 is 2.05 bits per heavy atom. The maximum absolute atomic E-state index is 6.02. The molecule has 0 saturated heterocycles. The molecule has 0 amide bonds. The van der Waals surface area contributed by atoms with Gasteiger partial charge in [0.15, 0.2) is 0 Å². The molecule has 2 aromatic rings. The number of hydrogen-bond acceptors (Lipinski definition) is 3. The number of hydrogen-bond donors (Lipinski definition) is 1. The Labute approximate surface area is 115 Å². The highest BCUT2D eigenvalue weighted by Crippen LogP contribution is 2.24. The van der Waals surface area contributed by atoms with E-state index in [9.17, 15) is 0 Å². The average Bonchev–Trinajstić information content (AvgIpc) is 2.41. The number of nitrogens with zero attached hydrogens (tertiary/aromatic N) is 2. The molecule has 0 aliphatic heterocycles. The fourth-order valence-corrected chi connectivity index (χ4v) is 2.41. The van der Waals surface area contributed by atoms with Crippen LogP contribution in [0.15, 0.2) is 30.5 Å². The lowest BCUT2D eigenvalue weighted by Gasteiger charge is -2.26. The monoisotopic (exact) mass is 257 g/mol. The van der Waals surface area contributed by atoms with Crippen LogP contribution >= 0.6 is 0 Å². The van der Waals surface area contributed by atoms with Crippen molar-refractivity contribution >= 4 is 16.6 Å². The lowest BCUT2D eigenvalue weighted by molar-refractivity contribution is 0.214. The van der Waals surface area contributed by atoms with E-state index in [0.717, 1.165) is 29.7 Å². The molecule has 0 aliphatic carbocycles. The van der Waals surface area contributed by atoms with Gasteiger partial charge in [-0.15, -0.1) is 0 Å². The minimum absolute atomic E-state index is 0.538. The van der Waals surface area contributed by atoms with Crippen molar-refractivity contribution in [2.24, 2.45) is 0 Å². The van der Waals surface area contributed by atoms with Gasteiger partial charge in [-0.25, -0.2) is 0 Å². The van der Waals surface area contributed by atoms with Gasteiger partial charge in [-0.1, -0.05) is 13.0 Å². The Kier molecular flexibility index (Phi) is 4.38. The summed E-state index contributed by atoms with van der Waals surface area (Å²) in [5.74, 6) is 0. The molecule has 0 fully saturated rings. The Bertz CT molecular complexity index is 549. The summed E-state index contributed by atoms with van der Waals surface area (Å²) >= 11 is 0. The van der Waals surface area contributed by atoms with Gasteiger partial charge in [0.05, 0.1) is 5.52 Å². The highest BCUT2D eigenvalue weighted by atomic mass is 15.1. The van der Waals surface area contributed by atoms with Crippen molar-refractivity contribution in [3.8, 4) is 0 Å². The van der Waals surface area contributed by atoms with Crippen molar-refractivity contribution in [2.45, 2.75) is 39.8 Å². The van der Waals surface area contributed by atoms with Crippen LogP contribution in [-0.2, 0) is 6.54 Å². The Morgan fingerprint density at radius 1 is 1.26 bits per heavy atom. The molecule has 2 rings (SSSR count). The fourth-order valence-electron chi connectivity index (χ4n) is 2.41. The van der Waals surface area contributed by atoms with Crippen LogP contribution in [0.25, 0.3) is 10.9 Å². The Balaban J connectivity index is 2.37. The van der Waals surface area contributed by atoms with Crippen molar-refractivity contribution in [1.82, 2.24) is 9.88 Å². The molecule has 0 radical (unpaired) electrons. The summed E-state index contributed by atoms with van der Waals surface area (Å²) in [6.07, 6.45) is 3.00. The van der Waals surface area contributed by atoms with Gasteiger partial charge >= 0.3 is 0 Å². The van der Waals surface area contributed by atoms with Crippen molar-refractivity contribution in [3.05, 3.63) is 36.0 Å². The molecule has 0 saturated carbocycles. The summed E-state index contributed by atoms with van der Waals surface area (Å²) in [7, 11) is 0. The molecule has 102 valence electrons. The van der Waals surface area contributed by atoms with E-state index in [0.29, 0.717) is 6.04 Å². The average molecular weight is 257 g/mol. The van der Waals surface area contributed by atoms with E-state index in [4.69, 9.17) is 5.73 Å². The van der Waals surface area contributed by atoms with Crippen molar-refractivity contribution in [3.63, 3.8) is 0 Å².